The molecule has 1 aromatic heterocycles. The molecule has 0 bridgehead atoms. The Morgan fingerprint density at radius 1 is 1.47 bits per heavy atom. The highest BCUT2D eigenvalue weighted by atomic mass is 79.9. The molecule has 1 aliphatic rings. The van der Waals surface area contributed by atoms with Crippen LogP contribution in [0.1, 0.15) is 18.5 Å². The van der Waals surface area contributed by atoms with Gasteiger partial charge in [-0.15, -0.1) is 0 Å². The average molecular weight is 297 g/mol. The Morgan fingerprint density at radius 3 is 2.71 bits per heavy atom. The van der Waals surface area contributed by atoms with Gasteiger partial charge in [0.1, 0.15) is 0 Å². The number of aromatic nitrogens is 1. The van der Waals surface area contributed by atoms with Gasteiger partial charge in [0.2, 0.25) is 0 Å². The molecule has 0 radical (unpaired) electrons. The lowest BCUT2D eigenvalue weighted by Gasteiger charge is -2.32. The lowest BCUT2D eigenvalue weighted by Crippen LogP contribution is -2.43. The van der Waals surface area contributed by atoms with Gasteiger partial charge in [0.25, 0.3) is 0 Å². The van der Waals surface area contributed by atoms with Gasteiger partial charge in [-0.25, -0.2) is 0 Å². The molecule has 1 saturated heterocycles. The molecule has 2 rings (SSSR count). The molecule has 0 amide bonds. The van der Waals surface area contributed by atoms with Crippen LogP contribution >= 0.6 is 15.9 Å². The Kier molecular flexibility index (Phi) is 4.59. The van der Waals surface area contributed by atoms with Crippen LogP contribution in [-0.4, -0.2) is 35.0 Å². The fraction of sp³-hybridized carbons (Fsp3) is 0.583. The number of rotatable bonds is 3. The molecule has 5 heteroatoms. The van der Waals surface area contributed by atoms with E-state index in [0.717, 1.165) is 36.8 Å². The minimum atomic E-state index is -0.304. The number of hydrogen-bond acceptors (Lipinski definition) is 3. The van der Waals surface area contributed by atoms with E-state index in [1.165, 1.54) is 5.69 Å². The van der Waals surface area contributed by atoms with Gasteiger partial charge in [0, 0.05) is 16.4 Å². The molecule has 3 nitrogen and oxygen atoms in total. The minimum Gasteiger partial charge on any atom is -0.437 e. The van der Waals surface area contributed by atoms with Crippen LogP contribution in [0.2, 0.25) is 6.82 Å². The van der Waals surface area contributed by atoms with Gasteiger partial charge >= 0.3 is 7.05 Å². The maximum Gasteiger partial charge on any atom is 0.376 e. The maximum atomic E-state index is 9.49. The van der Waals surface area contributed by atoms with Crippen molar-refractivity contribution in [3.05, 3.63) is 28.5 Å². The zero-order chi connectivity index (χ0) is 12.3. The molecule has 0 atom stereocenters. The smallest absolute Gasteiger partial charge is 0.376 e. The molecule has 1 aliphatic heterocycles. The predicted molar refractivity (Wildman–Crippen MR) is 73.8 cm³/mol. The summed E-state index contributed by atoms with van der Waals surface area (Å²) in [5.41, 5.74) is 1.17. The molecule has 17 heavy (non-hydrogen) atoms. The topological polar surface area (TPSA) is 36.4 Å². The molecule has 92 valence electrons. The molecule has 0 aliphatic carbocycles. The average Bonchev–Trinajstić information content (AvgIpc) is 2.33. The van der Waals surface area contributed by atoms with Gasteiger partial charge in [0.05, 0.1) is 0 Å². The standard InChI is InChI=1S/C12H18BBrN2O/c1-13(17)16-6-4-10(5-7-16)8-12-3-2-11(14)9-15-12/h2-3,9-10,17H,4-8H2,1H3. The van der Waals surface area contributed by atoms with E-state index in [-0.39, 0.29) is 7.05 Å². The van der Waals surface area contributed by atoms with Crippen molar-refractivity contribution in [3.8, 4) is 0 Å². The van der Waals surface area contributed by atoms with Crippen molar-refractivity contribution >= 4 is 23.0 Å². The molecule has 2 heterocycles. The van der Waals surface area contributed by atoms with E-state index in [0.29, 0.717) is 5.92 Å². The van der Waals surface area contributed by atoms with Crippen molar-refractivity contribution in [2.75, 3.05) is 13.1 Å². The summed E-state index contributed by atoms with van der Waals surface area (Å²) in [6.07, 6.45) is 5.23. The lowest BCUT2D eigenvalue weighted by molar-refractivity contribution is 0.249. The van der Waals surface area contributed by atoms with E-state index in [4.69, 9.17) is 0 Å². The first-order valence-electron chi connectivity index (χ1n) is 6.17. The number of hydrogen-bond donors (Lipinski definition) is 1. The highest BCUT2D eigenvalue weighted by Crippen LogP contribution is 2.21. The third kappa shape index (κ3) is 3.80. The molecular weight excluding hydrogens is 279 g/mol. The summed E-state index contributed by atoms with van der Waals surface area (Å²) >= 11 is 3.40. The van der Waals surface area contributed by atoms with Gasteiger partial charge in [-0.3, -0.25) is 4.98 Å². The van der Waals surface area contributed by atoms with Gasteiger partial charge < -0.3 is 9.83 Å². The third-order valence-electron chi connectivity index (χ3n) is 3.46. The zero-order valence-electron chi connectivity index (χ0n) is 10.1. The summed E-state index contributed by atoms with van der Waals surface area (Å²) < 4.78 is 1.03. The molecule has 0 spiro atoms. The van der Waals surface area contributed by atoms with Crippen molar-refractivity contribution in [1.82, 2.24) is 9.79 Å². The number of pyridine rings is 1. The largest absolute Gasteiger partial charge is 0.437 e. The van der Waals surface area contributed by atoms with Crippen LogP contribution in [-0.2, 0) is 6.42 Å². The lowest BCUT2D eigenvalue weighted by atomic mass is 9.80. The summed E-state index contributed by atoms with van der Waals surface area (Å²) in [6.45, 7) is 3.84. The van der Waals surface area contributed by atoms with Crippen LogP contribution in [0.3, 0.4) is 0 Å². The summed E-state index contributed by atoms with van der Waals surface area (Å²) in [4.78, 5) is 6.55. The second-order valence-electron chi connectivity index (χ2n) is 4.78. The number of nitrogens with zero attached hydrogens (tertiary/aromatic N) is 2. The van der Waals surface area contributed by atoms with Gasteiger partial charge in [0.15, 0.2) is 0 Å². The summed E-state index contributed by atoms with van der Waals surface area (Å²) in [5.74, 6) is 0.707. The SMILES string of the molecule is CB(O)N1CCC(Cc2ccc(Br)cn2)CC1. The van der Waals surface area contributed by atoms with E-state index in [1.807, 2.05) is 19.1 Å². The Balaban J connectivity index is 1.84. The van der Waals surface area contributed by atoms with Gasteiger partial charge in [-0.2, -0.15) is 0 Å². The van der Waals surface area contributed by atoms with Gasteiger partial charge in [-0.1, -0.05) is 0 Å². The molecule has 0 unspecified atom stereocenters. The highest BCUT2D eigenvalue weighted by molar-refractivity contribution is 9.10. The number of halogens is 1. The second kappa shape index (κ2) is 5.98. The third-order valence-corrected chi connectivity index (χ3v) is 3.93. The fourth-order valence-corrected chi connectivity index (χ4v) is 2.59. The normalized spacial score (nSPS) is 18.3. The van der Waals surface area contributed by atoms with Crippen LogP contribution in [0.25, 0.3) is 0 Å². The summed E-state index contributed by atoms with van der Waals surface area (Å²) in [6, 6.07) is 4.14. The quantitative estimate of drug-likeness (QED) is 0.869. The van der Waals surface area contributed by atoms with E-state index in [1.54, 1.807) is 0 Å². The van der Waals surface area contributed by atoms with Crippen molar-refractivity contribution in [3.63, 3.8) is 0 Å². The highest BCUT2D eigenvalue weighted by Gasteiger charge is 2.24. The summed E-state index contributed by atoms with van der Waals surface area (Å²) in [7, 11) is -0.304. The molecule has 1 N–H and O–H groups in total. The van der Waals surface area contributed by atoms with E-state index in [9.17, 15) is 5.02 Å². The Morgan fingerprint density at radius 2 is 2.18 bits per heavy atom. The first-order valence-corrected chi connectivity index (χ1v) is 6.97. The first kappa shape index (κ1) is 13.1. The van der Waals surface area contributed by atoms with Crippen LogP contribution in [0.5, 0.6) is 0 Å². The van der Waals surface area contributed by atoms with Crippen LogP contribution < -0.4 is 0 Å². The summed E-state index contributed by atoms with van der Waals surface area (Å²) in [5, 5.41) is 9.49. The Hall–Kier alpha value is -0.385. The van der Waals surface area contributed by atoms with Crippen molar-refractivity contribution < 1.29 is 5.02 Å². The van der Waals surface area contributed by atoms with Gasteiger partial charge in [-0.05, 0) is 73.2 Å². The van der Waals surface area contributed by atoms with Crippen LogP contribution in [0.15, 0.2) is 22.8 Å². The van der Waals surface area contributed by atoms with Crippen molar-refractivity contribution in [2.45, 2.75) is 26.1 Å². The van der Waals surface area contributed by atoms with E-state index in [2.05, 4.69) is 31.8 Å². The monoisotopic (exact) mass is 296 g/mol. The predicted octanol–water partition coefficient (Wildman–Crippen LogP) is 2.21. The first-order chi connectivity index (χ1) is 8.15. The number of piperidine rings is 1. The van der Waals surface area contributed by atoms with E-state index >= 15 is 0 Å². The maximum absolute atomic E-state index is 9.49. The molecule has 0 saturated carbocycles. The fourth-order valence-electron chi connectivity index (χ4n) is 2.35. The van der Waals surface area contributed by atoms with Crippen molar-refractivity contribution in [2.24, 2.45) is 5.92 Å². The van der Waals surface area contributed by atoms with Crippen LogP contribution in [0, 0.1) is 5.92 Å². The Bertz CT molecular complexity index is 350. The second-order valence-corrected chi connectivity index (χ2v) is 5.70. The zero-order valence-corrected chi connectivity index (χ0v) is 11.7. The Labute approximate surface area is 112 Å². The molecule has 1 aromatic rings. The molecule has 0 aromatic carbocycles. The van der Waals surface area contributed by atoms with E-state index < -0.39 is 0 Å². The molecular formula is C12H18BBrN2O. The molecule has 1 fully saturated rings. The van der Waals surface area contributed by atoms with Crippen LogP contribution in [0.4, 0.5) is 0 Å². The van der Waals surface area contributed by atoms with Crippen molar-refractivity contribution in [1.29, 1.82) is 0 Å². The minimum absolute atomic E-state index is 0.304.